The van der Waals surface area contributed by atoms with Gasteiger partial charge in [-0.2, -0.15) is 0 Å². The average molecular weight is 336 g/mol. The molecule has 0 spiro atoms. The van der Waals surface area contributed by atoms with Crippen LogP contribution >= 0.6 is 15.9 Å². The number of hydrogen-bond acceptors (Lipinski definition) is 2. The number of nitrogens with one attached hydrogen (secondary N) is 1. The van der Waals surface area contributed by atoms with Crippen molar-refractivity contribution in [3.63, 3.8) is 0 Å². The number of imidazole rings is 1. The molecule has 1 aromatic carbocycles. The van der Waals surface area contributed by atoms with Crippen molar-refractivity contribution < 1.29 is 0 Å². The molecule has 3 nitrogen and oxygen atoms in total. The summed E-state index contributed by atoms with van der Waals surface area (Å²) in [6.45, 7) is 6.29. The van der Waals surface area contributed by atoms with Crippen molar-refractivity contribution in [2.45, 2.75) is 45.8 Å². The van der Waals surface area contributed by atoms with Crippen LogP contribution in [0.2, 0.25) is 0 Å². The first-order chi connectivity index (χ1) is 9.74. The van der Waals surface area contributed by atoms with Gasteiger partial charge in [0.1, 0.15) is 0 Å². The van der Waals surface area contributed by atoms with Gasteiger partial charge in [-0.25, -0.2) is 4.98 Å². The van der Waals surface area contributed by atoms with Crippen LogP contribution in [-0.4, -0.2) is 9.55 Å². The van der Waals surface area contributed by atoms with Crippen LogP contribution in [0.15, 0.2) is 41.3 Å². The molecule has 1 aromatic heterocycles. The third-order valence-corrected chi connectivity index (χ3v) is 4.00. The van der Waals surface area contributed by atoms with Gasteiger partial charge in [-0.1, -0.05) is 41.9 Å². The monoisotopic (exact) mass is 335 g/mol. The Balaban J connectivity index is 2.00. The van der Waals surface area contributed by atoms with Gasteiger partial charge in [0.15, 0.2) is 0 Å². The van der Waals surface area contributed by atoms with Crippen molar-refractivity contribution >= 4 is 15.9 Å². The number of aromatic nitrogens is 2. The fourth-order valence-electron chi connectivity index (χ4n) is 2.36. The van der Waals surface area contributed by atoms with Crippen LogP contribution in [0.25, 0.3) is 0 Å². The maximum atomic E-state index is 4.25. The number of rotatable bonds is 7. The Morgan fingerprint density at radius 2 is 2.00 bits per heavy atom. The Labute approximate surface area is 129 Å². The number of nitrogens with zero attached hydrogens (tertiary/aromatic N) is 2. The van der Waals surface area contributed by atoms with E-state index in [-0.39, 0.29) is 0 Å². The zero-order chi connectivity index (χ0) is 14.4. The first kappa shape index (κ1) is 15.3. The van der Waals surface area contributed by atoms with E-state index in [9.17, 15) is 0 Å². The van der Waals surface area contributed by atoms with Gasteiger partial charge in [0.05, 0.1) is 12.0 Å². The number of halogens is 1. The molecule has 1 N–H and O–H groups in total. The summed E-state index contributed by atoms with van der Waals surface area (Å²) < 4.78 is 3.35. The topological polar surface area (TPSA) is 29.9 Å². The van der Waals surface area contributed by atoms with E-state index in [0.717, 1.165) is 30.4 Å². The molecule has 1 atom stereocenters. The van der Waals surface area contributed by atoms with Gasteiger partial charge in [-0.3, -0.25) is 0 Å². The quantitative estimate of drug-likeness (QED) is 0.817. The SMILES string of the molecule is CCCn1cncc1CNC(CC)c1ccc(Br)cc1. The maximum Gasteiger partial charge on any atom is 0.0948 e. The number of benzene rings is 1. The molecule has 20 heavy (non-hydrogen) atoms. The largest absolute Gasteiger partial charge is 0.333 e. The first-order valence-corrected chi connectivity index (χ1v) is 8.01. The number of aryl methyl sites for hydroxylation is 1. The van der Waals surface area contributed by atoms with Crippen LogP contribution in [-0.2, 0) is 13.1 Å². The lowest BCUT2D eigenvalue weighted by molar-refractivity contribution is 0.500. The summed E-state index contributed by atoms with van der Waals surface area (Å²) in [7, 11) is 0. The highest BCUT2D eigenvalue weighted by atomic mass is 79.9. The molecule has 108 valence electrons. The molecule has 1 unspecified atom stereocenters. The van der Waals surface area contributed by atoms with E-state index < -0.39 is 0 Å². The van der Waals surface area contributed by atoms with E-state index in [0.29, 0.717) is 6.04 Å². The van der Waals surface area contributed by atoms with E-state index in [1.54, 1.807) is 0 Å². The molecule has 2 rings (SSSR count). The maximum absolute atomic E-state index is 4.25. The summed E-state index contributed by atoms with van der Waals surface area (Å²) >= 11 is 3.48. The lowest BCUT2D eigenvalue weighted by atomic mass is 10.0. The Hall–Kier alpha value is -1.13. The molecule has 1 heterocycles. The van der Waals surface area contributed by atoms with Crippen LogP contribution in [0.4, 0.5) is 0 Å². The van der Waals surface area contributed by atoms with E-state index in [1.807, 2.05) is 12.5 Å². The van der Waals surface area contributed by atoms with Gasteiger partial charge in [0.25, 0.3) is 0 Å². The Morgan fingerprint density at radius 3 is 2.65 bits per heavy atom. The second kappa shape index (κ2) is 7.60. The van der Waals surface area contributed by atoms with Crippen LogP contribution < -0.4 is 5.32 Å². The molecule has 0 radical (unpaired) electrons. The fraction of sp³-hybridized carbons (Fsp3) is 0.438. The smallest absolute Gasteiger partial charge is 0.0948 e. The highest BCUT2D eigenvalue weighted by molar-refractivity contribution is 9.10. The molecule has 0 fully saturated rings. The summed E-state index contributed by atoms with van der Waals surface area (Å²) in [6.07, 6.45) is 6.08. The molecule has 0 aliphatic carbocycles. The van der Waals surface area contributed by atoms with Gasteiger partial charge in [0, 0.05) is 29.8 Å². The highest BCUT2D eigenvalue weighted by Crippen LogP contribution is 2.20. The molecule has 0 saturated heterocycles. The second-order valence-corrected chi connectivity index (χ2v) is 5.89. The van der Waals surface area contributed by atoms with Crippen molar-refractivity contribution in [1.29, 1.82) is 0 Å². The van der Waals surface area contributed by atoms with Crippen molar-refractivity contribution in [2.24, 2.45) is 0 Å². The molecule has 0 aliphatic rings. The van der Waals surface area contributed by atoms with Crippen LogP contribution in [0.3, 0.4) is 0 Å². The predicted molar refractivity (Wildman–Crippen MR) is 86.5 cm³/mol. The summed E-state index contributed by atoms with van der Waals surface area (Å²) in [5, 5.41) is 3.63. The number of hydrogen-bond donors (Lipinski definition) is 1. The van der Waals surface area contributed by atoms with Crippen molar-refractivity contribution in [3.8, 4) is 0 Å². The molecule has 0 bridgehead atoms. The summed E-state index contributed by atoms with van der Waals surface area (Å²) in [5.41, 5.74) is 2.58. The summed E-state index contributed by atoms with van der Waals surface area (Å²) in [6, 6.07) is 8.93. The first-order valence-electron chi connectivity index (χ1n) is 7.22. The zero-order valence-electron chi connectivity index (χ0n) is 12.1. The predicted octanol–water partition coefficient (Wildman–Crippen LogP) is 4.30. The normalized spacial score (nSPS) is 12.6. The fourth-order valence-corrected chi connectivity index (χ4v) is 2.62. The molecule has 0 aliphatic heterocycles. The molecule has 2 aromatic rings. The van der Waals surface area contributed by atoms with E-state index in [4.69, 9.17) is 0 Å². The van der Waals surface area contributed by atoms with Crippen molar-refractivity contribution in [3.05, 3.63) is 52.5 Å². The van der Waals surface area contributed by atoms with Gasteiger partial charge >= 0.3 is 0 Å². The Kier molecular flexibility index (Phi) is 5.80. The van der Waals surface area contributed by atoms with Crippen molar-refractivity contribution in [1.82, 2.24) is 14.9 Å². The molecule has 4 heteroatoms. The molecular weight excluding hydrogens is 314 g/mol. The summed E-state index contributed by atoms with van der Waals surface area (Å²) in [4.78, 5) is 4.25. The highest BCUT2D eigenvalue weighted by Gasteiger charge is 2.10. The Morgan fingerprint density at radius 1 is 1.25 bits per heavy atom. The van der Waals surface area contributed by atoms with Crippen molar-refractivity contribution in [2.75, 3.05) is 0 Å². The van der Waals surface area contributed by atoms with Gasteiger partial charge in [0.2, 0.25) is 0 Å². The Bertz CT molecular complexity index is 519. The summed E-state index contributed by atoms with van der Waals surface area (Å²) in [5.74, 6) is 0. The van der Waals surface area contributed by atoms with Crippen LogP contribution in [0.1, 0.15) is 44.0 Å². The van der Waals surface area contributed by atoms with Gasteiger partial charge < -0.3 is 9.88 Å². The minimum atomic E-state index is 0.382. The molecule has 0 amide bonds. The van der Waals surface area contributed by atoms with E-state index >= 15 is 0 Å². The third kappa shape index (κ3) is 3.93. The standard InChI is InChI=1S/C16H22BrN3/c1-3-9-20-12-18-10-15(20)11-19-16(4-2)13-5-7-14(17)8-6-13/h5-8,10,12,16,19H,3-4,9,11H2,1-2H3. The lowest BCUT2D eigenvalue weighted by Gasteiger charge is -2.18. The average Bonchev–Trinajstić information content (AvgIpc) is 2.89. The second-order valence-electron chi connectivity index (χ2n) is 4.97. The third-order valence-electron chi connectivity index (χ3n) is 3.47. The molecular formula is C16H22BrN3. The minimum Gasteiger partial charge on any atom is -0.333 e. The van der Waals surface area contributed by atoms with E-state index in [2.05, 4.69) is 68.9 Å². The van der Waals surface area contributed by atoms with Crippen LogP contribution in [0, 0.1) is 0 Å². The minimum absolute atomic E-state index is 0.382. The lowest BCUT2D eigenvalue weighted by Crippen LogP contribution is -2.21. The molecule has 0 saturated carbocycles. The van der Waals surface area contributed by atoms with Crippen LogP contribution in [0.5, 0.6) is 0 Å². The zero-order valence-corrected chi connectivity index (χ0v) is 13.7. The van der Waals surface area contributed by atoms with E-state index in [1.165, 1.54) is 11.3 Å². The van der Waals surface area contributed by atoms with Gasteiger partial charge in [-0.05, 0) is 30.5 Å². The van der Waals surface area contributed by atoms with Gasteiger partial charge in [-0.15, -0.1) is 0 Å².